The molecule has 3 rings (SSSR count). The molecule has 136 valence electrons. The number of amides is 2. The van der Waals surface area contributed by atoms with Crippen molar-refractivity contribution in [1.29, 1.82) is 0 Å². The van der Waals surface area contributed by atoms with E-state index in [0.717, 1.165) is 17.3 Å². The first-order chi connectivity index (χ1) is 12.6. The summed E-state index contributed by atoms with van der Waals surface area (Å²) in [5.41, 5.74) is 1.22. The number of carbonyl (C=O) groups is 2. The van der Waals surface area contributed by atoms with Crippen molar-refractivity contribution in [3.8, 4) is 5.75 Å². The number of methoxy groups -OCH3 is 1. The van der Waals surface area contributed by atoms with Gasteiger partial charge in [-0.3, -0.25) is 9.59 Å². The highest BCUT2D eigenvalue weighted by atomic mass is 79.9. The van der Waals surface area contributed by atoms with Crippen molar-refractivity contribution in [2.24, 2.45) is 0 Å². The van der Waals surface area contributed by atoms with Gasteiger partial charge in [0.25, 0.3) is 11.8 Å². The van der Waals surface area contributed by atoms with Gasteiger partial charge in [-0.2, -0.15) is 0 Å². The van der Waals surface area contributed by atoms with Crippen molar-refractivity contribution in [1.82, 2.24) is 10.2 Å². The average Bonchev–Trinajstić information content (AvgIpc) is 2.68. The van der Waals surface area contributed by atoms with E-state index in [1.54, 1.807) is 31.4 Å². The summed E-state index contributed by atoms with van der Waals surface area (Å²) in [6.45, 7) is 1.23. The Bertz CT molecular complexity index is 784. The van der Waals surface area contributed by atoms with Crippen molar-refractivity contribution in [2.45, 2.75) is 18.9 Å². The third-order valence-corrected chi connectivity index (χ3v) is 5.09. The van der Waals surface area contributed by atoms with E-state index in [-0.39, 0.29) is 17.9 Å². The van der Waals surface area contributed by atoms with Gasteiger partial charge in [-0.05, 0) is 49.2 Å². The van der Waals surface area contributed by atoms with Gasteiger partial charge in [0.2, 0.25) is 0 Å². The van der Waals surface area contributed by atoms with Crippen LogP contribution in [0.3, 0.4) is 0 Å². The van der Waals surface area contributed by atoms with Crippen molar-refractivity contribution in [3.63, 3.8) is 0 Å². The fourth-order valence-electron chi connectivity index (χ4n) is 3.09. The number of benzene rings is 2. The summed E-state index contributed by atoms with van der Waals surface area (Å²) in [6, 6.07) is 14.6. The highest BCUT2D eigenvalue weighted by Crippen LogP contribution is 2.22. The normalized spacial score (nSPS) is 14.8. The Morgan fingerprint density at radius 2 is 1.73 bits per heavy atom. The largest absolute Gasteiger partial charge is 0.496 e. The van der Waals surface area contributed by atoms with E-state index in [0.29, 0.717) is 30.0 Å². The third-order valence-electron chi connectivity index (χ3n) is 4.56. The number of halogens is 1. The van der Waals surface area contributed by atoms with Crippen LogP contribution in [0, 0.1) is 0 Å². The molecule has 0 unspecified atom stereocenters. The lowest BCUT2D eigenvalue weighted by Gasteiger charge is -2.32. The first kappa shape index (κ1) is 18.5. The zero-order chi connectivity index (χ0) is 18.5. The fourth-order valence-corrected chi connectivity index (χ4v) is 3.35. The van der Waals surface area contributed by atoms with Gasteiger partial charge in [-0.15, -0.1) is 0 Å². The van der Waals surface area contributed by atoms with Crippen LogP contribution < -0.4 is 10.1 Å². The fraction of sp³-hybridized carbons (Fsp3) is 0.300. The molecule has 1 N–H and O–H groups in total. The summed E-state index contributed by atoms with van der Waals surface area (Å²) in [5, 5.41) is 3.06. The van der Waals surface area contributed by atoms with Crippen LogP contribution >= 0.6 is 15.9 Å². The molecule has 1 aliphatic heterocycles. The Morgan fingerprint density at radius 1 is 1.08 bits per heavy atom. The van der Waals surface area contributed by atoms with Gasteiger partial charge < -0.3 is 15.0 Å². The second kappa shape index (κ2) is 8.36. The van der Waals surface area contributed by atoms with Crippen molar-refractivity contribution >= 4 is 27.7 Å². The molecule has 0 aliphatic carbocycles. The molecule has 5 nitrogen and oxygen atoms in total. The number of nitrogens with one attached hydrogen (secondary N) is 1. The molecule has 0 radical (unpaired) electrons. The second-order valence-electron chi connectivity index (χ2n) is 6.25. The molecule has 1 aliphatic rings. The lowest BCUT2D eigenvalue weighted by molar-refractivity contribution is 0.0695. The quantitative estimate of drug-likeness (QED) is 0.829. The molecule has 26 heavy (non-hydrogen) atoms. The Hall–Kier alpha value is -2.34. The average molecular weight is 417 g/mol. The Balaban J connectivity index is 1.56. The number of nitrogens with zero attached hydrogens (tertiary/aromatic N) is 1. The van der Waals surface area contributed by atoms with Crippen LogP contribution in [-0.2, 0) is 0 Å². The molecule has 0 bridgehead atoms. The molecule has 1 fully saturated rings. The Morgan fingerprint density at radius 3 is 2.38 bits per heavy atom. The molecule has 1 heterocycles. The molecular weight excluding hydrogens is 396 g/mol. The number of piperidine rings is 1. The first-order valence-electron chi connectivity index (χ1n) is 8.57. The highest BCUT2D eigenvalue weighted by Gasteiger charge is 2.26. The van der Waals surface area contributed by atoms with Crippen LogP contribution in [0.2, 0.25) is 0 Å². The highest BCUT2D eigenvalue weighted by molar-refractivity contribution is 9.10. The van der Waals surface area contributed by atoms with Crippen LogP contribution in [0.4, 0.5) is 0 Å². The van der Waals surface area contributed by atoms with Crippen LogP contribution in [0.15, 0.2) is 53.0 Å². The molecule has 0 atom stereocenters. The maximum Gasteiger partial charge on any atom is 0.257 e. The van der Waals surface area contributed by atoms with E-state index in [2.05, 4.69) is 21.2 Å². The van der Waals surface area contributed by atoms with E-state index in [1.807, 2.05) is 29.2 Å². The van der Waals surface area contributed by atoms with Crippen LogP contribution in [0.1, 0.15) is 33.6 Å². The van der Waals surface area contributed by atoms with E-state index in [9.17, 15) is 9.59 Å². The number of hydrogen-bond acceptors (Lipinski definition) is 3. The van der Waals surface area contributed by atoms with E-state index in [4.69, 9.17) is 4.74 Å². The van der Waals surface area contributed by atoms with Crippen molar-refractivity contribution in [2.75, 3.05) is 20.2 Å². The third kappa shape index (κ3) is 4.25. The molecule has 6 heteroatoms. The minimum absolute atomic E-state index is 0.0277. The number of rotatable bonds is 4. The van der Waals surface area contributed by atoms with Gasteiger partial charge in [0, 0.05) is 29.2 Å². The number of ether oxygens (including phenoxy) is 1. The van der Waals surface area contributed by atoms with Gasteiger partial charge in [0.1, 0.15) is 5.75 Å². The van der Waals surface area contributed by atoms with Gasteiger partial charge in [-0.25, -0.2) is 0 Å². The Kier molecular flexibility index (Phi) is 5.93. The summed E-state index contributed by atoms with van der Waals surface area (Å²) in [7, 11) is 1.57. The molecule has 2 amide bonds. The summed E-state index contributed by atoms with van der Waals surface area (Å²) in [5.74, 6) is 0.482. The predicted molar refractivity (Wildman–Crippen MR) is 104 cm³/mol. The molecule has 0 aromatic heterocycles. The van der Waals surface area contributed by atoms with E-state index >= 15 is 0 Å². The monoisotopic (exact) mass is 416 g/mol. The zero-order valence-electron chi connectivity index (χ0n) is 14.6. The zero-order valence-corrected chi connectivity index (χ0v) is 16.2. The van der Waals surface area contributed by atoms with Crippen molar-refractivity contribution in [3.05, 3.63) is 64.1 Å². The van der Waals surface area contributed by atoms with Crippen LogP contribution in [0.25, 0.3) is 0 Å². The standard InChI is InChI=1S/C20H21BrN2O3/c1-26-18-5-3-2-4-17(18)20(25)23-12-10-16(11-13-23)22-19(24)14-6-8-15(21)9-7-14/h2-9,16H,10-13H2,1H3,(H,22,24). The number of para-hydroxylation sites is 1. The van der Waals surface area contributed by atoms with Crippen LogP contribution in [-0.4, -0.2) is 43.0 Å². The Labute approximate surface area is 161 Å². The van der Waals surface area contributed by atoms with Gasteiger partial charge >= 0.3 is 0 Å². The lowest BCUT2D eigenvalue weighted by Crippen LogP contribution is -2.46. The summed E-state index contributed by atoms with van der Waals surface area (Å²) < 4.78 is 6.22. The van der Waals surface area contributed by atoms with Crippen molar-refractivity contribution < 1.29 is 14.3 Å². The van der Waals surface area contributed by atoms with Gasteiger partial charge in [0.15, 0.2) is 0 Å². The van der Waals surface area contributed by atoms with E-state index in [1.165, 1.54) is 0 Å². The summed E-state index contributed by atoms with van der Waals surface area (Å²) in [6.07, 6.45) is 1.48. The molecular formula is C20H21BrN2O3. The maximum absolute atomic E-state index is 12.7. The number of hydrogen-bond donors (Lipinski definition) is 1. The lowest BCUT2D eigenvalue weighted by atomic mass is 10.0. The van der Waals surface area contributed by atoms with Gasteiger partial charge in [0.05, 0.1) is 12.7 Å². The molecule has 0 saturated carbocycles. The number of likely N-dealkylation sites (tertiary alicyclic amines) is 1. The molecule has 0 spiro atoms. The van der Waals surface area contributed by atoms with E-state index < -0.39 is 0 Å². The smallest absolute Gasteiger partial charge is 0.257 e. The van der Waals surface area contributed by atoms with Gasteiger partial charge in [-0.1, -0.05) is 28.1 Å². The molecule has 2 aromatic carbocycles. The first-order valence-corrected chi connectivity index (χ1v) is 9.36. The number of carbonyl (C=O) groups excluding carboxylic acids is 2. The minimum atomic E-state index is -0.0768. The molecule has 1 saturated heterocycles. The topological polar surface area (TPSA) is 58.6 Å². The second-order valence-corrected chi connectivity index (χ2v) is 7.16. The predicted octanol–water partition coefficient (Wildman–Crippen LogP) is 3.49. The maximum atomic E-state index is 12.7. The molecule has 2 aromatic rings. The minimum Gasteiger partial charge on any atom is -0.496 e. The summed E-state index contributed by atoms with van der Waals surface area (Å²) >= 11 is 3.36. The van der Waals surface area contributed by atoms with Crippen LogP contribution in [0.5, 0.6) is 5.75 Å². The SMILES string of the molecule is COc1ccccc1C(=O)N1CCC(NC(=O)c2ccc(Br)cc2)CC1. The summed E-state index contributed by atoms with van der Waals surface area (Å²) in [4.78, 5) is 26.9.